The Kier molecular flexibility index (Phi) is 6.37. The molecule has 1 N–H and O–H groups in total. The van der Waals surface area contributed by atoms with Crippen molar-refractivity contribution in [3.05, 3.63) is 30.1 Å². The third kappa shape index (κ3) is 4.21. The van der Waals surface area contributed by atoms with E-state index in [4.69, 9.17) is 4.98 Å². The van der Waals surface area contributed by atoms with Gasteiger partial charge in [-0.15, -0.1) is 0 Å². The molecule has 152 valence electrons. The van der Waals surface area contributed by atoms with Gasteiger partial charge < -0.3 is 14.6 Å². The zero-order valence-electron chi connectivity index (χ0n) is 17.1. The molecule has 6 nitrogen and oxygen atoms in total. The number of aromatic nitrogens is 2. The summed E-state index contributed by atoms with van der Waals surface area (Å²) in [6.07, 6.45) is 3.28. The molecule has 0 radical (unpaired) electrons. The van der Waals surface area contributed by atoms with E-state index in [9.17, 15) is 14.7 Å². The number of carbonyl (C=O) groups is 2. The van der Waals surface area contributed by atoms with Crippen molar-refractivity contribution in [2.24, 2.45) is 24.8 Å². The van der Waals surface area contributed by atoms with Crippen molar-refractivity contribution in [1.29, 1.82) is 0 Å². The standard InChI is InChI=1S/C22H31N3O3/c1-4-15(5-2)22(28)25-11-10-16(13-21(26)27)17(14-25)12-20-23-18-8-6-7-9-19(18)24(20)3/h6-9,15-17H,4-5,10-14H2,1-3H3,(H,26,27)/t16-,17-/m0/s1. The van der Waals surface area contributed by atoms with Crippen LogP contribution in [0.15, 0.2) is 24.3 Å². The fourth-order valence-electron chi connectivity index (χ4n) is 4.51. The predicted octanol–water partition coefficient (Wildman–Crippen LogP) is 3.49. The predicted molar refractivity (Wildman–Crippen MR) is 109 cm³/mol. The fourth-order valence-corrected chi connectivity index (χ4v) is 4.51. The molecule has 2 heterocycles. The Hall–Kier alpha value is -2.37. The highest BCUT2D eigenvalue weighted by atomic mass is 16.4. The quantitative estimate of drug-likeness (QED) is 0.792. The summed E-state index contributed by atoms with van der Waals surface area (Å²) < 4.78 is 2.09. The van der Waals surface area contributed by atoms with Gasteiger partial charge in [0.25, 0.3) is 0 Å². The molecular weight excluding hydrogens is 354 g/mol. The first-order chi connectivity index (χ1) is 13.4. The molecule has 2 atom stereocenters. The first-order valence-corrected chi connectivity index (χ1v) is 10.3. The number of imidazole rings is 1. The Balaban J connectivity index is 1.82. The normalized spacial score (nSPS) is 20.1. The number of piperidine rings is 1. The number of hydrogen-bond acceptors (Lipinski definition) is 3. The highest BCUT2D eigenvalue weighted by molar-refractivity contribution is 5.79. The number of amides is 1. The zero-order valence-corrected chi connectivity index (χ0v) is 17.1. The number of carboxylic acids is 1. The summed E-state index contributed by atoms with van der Waals surface area (Å²) >= 11 is 0. The van der Waals surface area contributed by atoms with Crippen LogP contribution in [0.1, 0.15) is 45.4 Å². The van der Waals surface area contributed by atoms with Crippen molar-refractivity contribution in [3.63, 3.8) is 0 Å². The molecule has 0 spiro atoms. The van der Waals surface area contributed by atoms with Gasteiger partial charge in [-0.05, 0) is 43.2 Å². The minimum Gasteiger partial charge on any atom is -0.481 e. The second kappa shape index (κ2) is 8.76. The van der Waals surface area contributed by atoms with Crippen molar-refractivity contribution < 1.29 is 14.7 Å². The number of nitrogens with zero attached hydrogens (tertiary/aromatic N) is 3. The Bertz CT molecular complexity index is 841. The van der Waals surface area contributed by atoms with E-state index in [1.165, 1.54) is 0 Å². The van der Waals surface area contributed by atoms with E-state index in [-0.39, 0.29) is 30.1 Å². The largest absolute Gasteiger partial charge is 0.481 e. The Morgan fingerprint density at radius 2 is 1.93 bits per heavy atom. The SMILES string of the molecule is CCC(CC)C(=O)N1CC[C@@H](CC(=O)O)[C@@H](Cc2nc3ccccc3n2C)C1. The van der Waals surface area contributed by atoms with Crippen molar-refractivity contribution in [2.45, 2.75) is 46.0 Å². The second-order valence-corrected chi connectivity index (χ2v) is 7.98. The number of hydrogen-bond donors (Lipinski definition) is 1. The van der Waals surface area contributed by atoms with E-state index in [2.05, 4.69) is 18.4 Å². The average Bonchev–Trinajstić information content (AvgIpc) is 2.99. The third-order valence-electron chi connectivity index (χ3n) is 6.30. The molecule has 1 aliphatic rings. The van der Waals surface area contributed by atoms with Gasteiger partial charge in [-0.25, -0.2) is 4.98 Å². The maximum Gasteiger partial charge on any atom is 0.303 e. The number of aliphatic carboxylic acids is 1. The fraction of sp³-hybridized carbons (Fsp3) is 0.591. The summed E-state index contributed by atoms with van der Waals surface area (Å²) in [5, 5.41) is 9.36. The molecule has 0 unspecified atom stereocenters. The van der Waals surface area contributed by atoms with Crippen LogP contribution in [0.3, 0.4) is 0 Å². The minimum atomic E-state index is -0.764. The van der Waals surface area contributed by atoms with Crippen LogP contribution >= 0.6 is 0 Å². The Morgan fingerprint density at radius 1 is 1.21 bits per heavy atom. The average molecular weight is 386 g/mol. The number of carbonyl (C=O) groups excluding carboxylic acids is 1. The van der Waals surface area contributed by atoms with E-state index in [1.54, 1.807) is 0 Å². The van der Waals surface area contributed by atoms with E-state index in [0.717, 1.165) is 36.1 Å². The van der Waals surface area contributed by atoms with Crippen LogP contribution < -0.4 is 0 Å². The molecular formula is C22H31N3O3. The van der Waals surface area contributed by atoms with Crippen molar-refractivity contribution in [1.82, 2.24) is 14.5 Å². The first kappa shape index (κ1) is 20.4. The number of rotatable bonds is 7. The smallest absolute Gasteiger partial charge is 0.303 e. The molecule has 0 saturated carbocycles. The molecule has 1 aromatic heterocycles. The molecule has 1 saturated heterocycles. The van der Waals surface area contributed by atoms with E-state index in [1.807, 2.05) is 36.2 Å². The molecule has 1 aliphatic heterocycles. The van der Waals surface area contributed by atoms with Gasteiger partial charge in [0.05, 0.1) is 11.0 Å². The summed E-state index contributed by atoms with van der Waals surface area (Å²) in [5.74, 6) is 0.654. The number of aryl methyl sites for hydroxylation is 1. The van der Waals surface area contributed by atoms with Crippen LogP contribution in [0.2, 0.25) is 0 Å². The van der Waals surface area contributed by atoms with Gasteiger partial charge in [0.15, 0.2) is 0 Å². The van der Waals surface area contributed by atoms with Crippen molar-refractivity contribution >= 4 is 22.9 Å². The lowest BCUT2D eigenvalue weighted by atomic mass is 9.80. The van der Waals surface area contributed by atoms with Gasteiger partial charge in [-0.1, -0.05) is 26.0 Å². The van der Waals surface area contributed by atoms with Crippen LogP contribution in [-0.2, 0) is 23.1 Å². The van der Waals surface area contributed by atoms with Gasteiger partial charge in [-0.2, -0.15) is 0 Å². The third-order valence-corrected chi connectivity index (χ3v) is 6.30. The van der Waals surface area contributed by atoms with Crippen LogP contribution in [0, 0.1) is 17.8 Å². The molecule has 1 amide bonds. The molecule has 28 heavy (non-hydrogen) atoms. The Labute approximate surface area is 166 Å². The first-order valence-electron chi connectivity index (χ1n) is 10.3. The maximum absolute atomic E-state index is 12.9. The van der Waals surface area contributed by atoms with E-state index in [0.29, 0.717) is 19.5 Å². The van der Waals surface area contributed by atoms with Gasteiger partial charge >= 0.3 is 5.97 Å². The second-order valence-electron chi connectivity index (χ2n) is 7.98. The molecule has 0 bridgehead atoms. The van der Waals surface area contributed by atoms with E-state index >= 15 is 0 Å². The summed E-state index contributed by atoms with van der Waals surface area (Å²) in [7, 11) is 2.01. The number of benzene rings is 1. The lowest BCUT2D eigenvalue weighted by molar-refractivity contribution is -0.141. The van der Waals surface area contributed by atoms with Gasteiger partial charge in [-0.3, -0.25) is 9.59 Å². The summed E-state index contributed by atoms with van der Waals surface area (Å²) in [5.41, 5.74) is 2.03. The van der Waals surface area contributed by atoms with Crippen molar-refractivity contribution in [3.8, 4) is 0 Å². The van der Waals surface area contributed by atoms with E-state index < -0.39 is 5.97 Å². The highest BCUT2D eigenvalue weighted by Crippen LogP contribution is 2.31. The maximum atomic E-state index is 12.9. The molecule has 3 rings (SSSR count). The van der Waals surface area contributed by atoms with Gasteiger partial charge in [0.1, 0.15) is 5.82 Å². The number of carboxylic acid groups (broad SMARTS) is 1. The lowest BCUT2D eigenvalue weighted by Gasteiger charge is -2.39. The van der Waals surface area contributed by atoms with Crippen LogP contribution in [0.4, 0.5) is 0 Å². The minimum absolute atomic E-state index is 0.0624. The van der Waals surface area contributed by atoms with Crippen LogP contribution in [-0.4, -0.2) is 44.5 Å². The highest BCUT2D eigenvalue weighted by Gasteiger charge is 2.35. The molecule has 1 aromatic carbocycles. The summed E-state index contributed by atoms with van der Waals surface area (Å²) in [6, 6.07) is 8.02. The summed E-state index contributed by atoms with van der Waals surface area (Å²) in [4.78, 5) is 31.0. The number of para-hydroxylation sites is 2. The Morgan fingerprint density at radius 3 is 2.57 bits per heavy atom. The number of likely N-dealkylation sites (tertiary alicyclic amines) is 1. The van der Waals surface area contributed by atoms with Crippen LogP contribution in [0.5, 0.6) is 0 Å². The van der Waals surface area contributed by atoms with Crippen LogP contribution in [0.25, 0.3) is 11.0 Å². The monoisotopic (exact) mass is 385 g/mol. The molecule has 1 fully saturated rings. The molecule has 6 heteroatoms. The lowest BCUT2D eigenvalue weighted by Crippen LogP contribution is -2.47. The number of fused-ring (bicyclic) bond motifs is 1. The zero-order chi connectivity index (χ0) is 20.3. The molecule has 2 aromatic rings. The van der Waals surface area contributed by atoms with Gasteiger partial charge in [0.2, 0.25) is 5.91 Å². The van der Waals surface area contributed by atoms with Gasteiger partial charge in [0, 0.05) is 38.9 Å². The molecule has 0 aliphatic carbocycles. The summed E-state index contributed by atoms with van der Waals surface area (Å²) in [6.45, 7) is 5.39. The van der Waals surface area contributed by atoms with Crippen molar-refractivity contribution in [2.75, 3.05) is 13.1 Å². The topological polar surface area (TPSA) is 75.4 Å².